The van der Waals surface area contributed by atoms with Gasteiger partial charge in [0.1, 0.15) is 24.0 Å². The molecule has 14 heteroatoms. The molecule has 0 saturated carbocycles. The number of hydrogen-bond donors (Lipinski definition) is 2. The van der Waals surface area contributed by atoms with Gasteiger partial charge in [-0.05, 0) is 51.8 Å². The second-order valence-corrected chi connectivity index (χ2v) is 8.96. The molecule has 2 heterocycles. The number of guanidine groups is 1. The summed E-state index contributed by atoms with van der Waals surface area (Å²) < 4.78 is 56.3. The van der Waals surface area contributed by atoms with Gasteiger partial charge in [-0.25, -0.2) is 9.59 Å². The zero-order chi connectivity index (χ0) is 27.4. The fourth-order valence-corrected chi connectivity index (χ4v) is 3.56. The van der Waals surface area contributed by atoms with Crippen LogP contribution in [-0.2, 0) is 10.9 Å². The van der Waals surface area contributed by atoms with E-state index in [-0.39, 0.29) is 42.1 Å². The first-order chi connectivity index (χ1) is 17.3. The SMILES string of the molecule is C=CCOc1ccc(-c2noc([C@@H]3CCCN3C(=NC(=O)OC(C)(C)C)NC(=O)O)n2)cc1C(F)(F)F. The predicted molar refractivity (Wildman–Crippen MR) is 124 cm³/mol. The van der Waals surface area contributed by atoms with Crippen molar-refractivity contribution < 1.29 is 41.9 Å². The van der Waals surface area contributed by atoms with Gasteiger partial charge in [0.15, 0.2) is 0 Å². The van der Waals surface area contributed by atoms with Crippen LogP contribution < -0.4 is 10.1 Å². The predicted octanol–water partition coefficient (Wildman–Crippen LogP) is 5.02. The van der Waals surface area contributed by atoms with Gasteiger partial charge in [0, 0.05) is 12.1 Å². The Morgan fingerprint density at radius 3 is 2.70 bits per heavy atom. The number of carbonyl (C=O) groups is 2. The quantitative estimate of drug-likeness (QED) is 0.313. The van der Waals surface area contributed by atoms with Crippen LogP contribution in [0.4, 0.5) is 22.8 Å². The largest absolute Gasteiger partial charge is 0.489 e. The Balaban J connectivity index is 1.91. The summed E-state index contributed by atoms with van der Waals surface area (Å²) >= 11 is 0. The maximum absolute atomic E-state index is 13.6. The summed E-state index contributed by atoms with van der Waals surface area (Å²) in [6, 6.07) is 2.67. The molecular formula is C23H26F3N5O6. The monoisotopic (exact) mass is 525 g/mol. The summed E-state index contributed by atoms with van der Waals surface area (Å²) in [5, 5.41) is 15.1. The van der Waals surface area contributed by atoms with Crippen LogP contribution in [-0.4, -0.2) is 57.0 Å². The van der Waals surface area contributed by atoms with Crippen molar-refractivity contribution in [1.82, 2.24) is 20.4 Å². The molecule has 1 aromatic carbocycles. The molecule has 2 amide bonds. The molecule has 1 aliphatic rings. The first-order valence-electron chi connectivity index (χ1n) is 11.2. The lowest BCUT2D eigenvalue weighted by Gasteiger charge is -2.25. The van der Waals surface area contributed by atoms with E-state index in [2.05, 4.69) is 27.0 Å². The highest BCUT2D eigenvalue weighted by Gasteiger charge is 2.37. The molecule has 2 aromatic rings. The Morgan fingerprint density at radius 2 is 2.08 bits per heavy atom. The molecule has 0 unspecified atom stereocenters. The van der Waals surface area contributed by atoms with E-state index in [0.717, 1.165) is 12.1 Å². The second kappa shape index (κ2) is 10.9. The van der Waals surface area contributed by atoms with Crippen LogP contribution in [0.2, 0.25) is 0 Å². The smallest absolute Gasteiger partial charge is 0.437 e. The standard InChI is InChI=1S/C23H26F3N5O6/c1-5-11-35-16-9-8-13(12-14(16)23(24,25)26)17-27-18(37-30-17)15-7-6-10-31(15)19(28-20(32)33)29-21(34)36-22(2,3)4/h5,8-9,12,15H,1,6-7,10-11H2,2-4H3,(H,32,33)(H,28,29,34)/t15-/m0/s1. The average molecular weight is 525 g/mol. The van der Waals surface area contributed by atoms with Crippen molar-refractivity contribution in [2.75, 3.05) is 13.2 Å². The van der Waals surface area contributed by atoms with E-state index in [1.54, 1.807) is 20.8 Å². The Labute approximate surface area is 209 Å². The van der Waals surface area contributed by atoms with Crippen LogP contribution in [0.5, 0.6) is 5.75 Å². The molecule has 0 aliphatic carbocycles. The van der Waals surface area contributed by atoms with Crippen molar-refractivity contribution >= 4 is 18.1 Å². The van der Waals surface area contributed by atoms with Crippen molar-refractivity contribution in [3.8, 4) is 17.1 Å². The molecule has 1 atom stereocenters. The number of nitrogens with zero attached hydrogens (tertiary/aromatic N) is 4. The van der Waals surface area contributed by atoms with Crippen LogP contribution in [0, 0.1) is 0 Å². The molecular weight excluding hydrogens is 499 g/mol. The van der Waals surface area contributed by atoms with Gasteiger partial charge < -0.3 is 24.0 Å². The van der Waals surface area contributed by atoms with Gasteiger partial charge in [0.25, 0.3) is 0 Å². The Kier molecular flexibility index (Phi) is 8.09. The van der Waals surface area contributed by atoms with E-state index >= 15 is 0 Å². The van der Waals surface area contributed by atoms with Gasteiger partial charge in [-0.3, -0.25) is 5.32 Å². The lowest BCUT2D eigenvalue weighted by atomic mass is 10.1. The number of hydrogen-bond acceptors (Lipinski definition) is 7. The summed E-state index contributed by atoms with van der Waals surface area (Å²) in [7, 11) is 0. The maximum Gasteiger partial charge on any atom is 0.437 e. The molecule has 2 N–H and O–H groups in total. The van der Waals surface area contributed by atoms with Crippen LogP contribution in [0.15, 0.2) is 40.4 Å². The number of rotatable bonds is 5. The fourth-order valence-electron chi connectivity index (χ4n) is 3.56. The molecule has 37 heavy (non-hydrogen) atoms. The maximum atomic E-state index is 13.6. The highest BCUT2D eigenvalue weighted by Crippen LogP contribution is 2.39. The van der Waals surface area contributed by atoms with Gasteiger partial charge >= 0.3 is 18.4 Å². The van der Waals surface area contributed by atoms with E-state index < -0.39 is 35.6 Å². The number of likely N-dealkylation sites (tertiary alicyclic amines) is 1. The molecule has 1 aliphatic heterocycles. The molecule has 0 radical (unpaired) electrons. The summed E-state index contributed by atoms with van der Waals surface area (Å²) in [5.41, 5.74) is -1.84. The number of ether oxygens (including phenoxy) is 2. The number of nitrogens with one attached hydrogen (secondary N) is 1. The second-order valence-electron chi connectivity index (χ2n) is 8.96. The summed E-state index contributed by atoms with van der Waals surface area (Å²) in [6.45, 7) is 8.50. The van der Waals surface area contributed by atoms with Gasteiger partial charge in [-0.2, -0.15) is 18.2 Å². The first kappa shape index (κ1) is 27.5. The third-order valence-corrected chi connectivity index (χ3v) is 4.96. The molecule has 0 spiro atoms. The van der Waals surface area contributed by atoms with Crippen molar-refractivity contribution in [2.45, 2.75) is 51.4 Å². The van der Waals surface area contributed by atoms with Gasteiger partial charge in [-0.15, -0.1) is 4.99 Å². The third kappa shape index (κ3) is 7.21. The number of aromatic nitrogens is 2. The Morgan fingerprint density at radius 1 is 1.35 bits per heavy atom. The van der Waals surface area contributed by atoms with Crippen LogP contribution in [0.25, 0.3) is 11.4 Å². The minimum absolute atomic E-state index is 0.0112. The van der Waals surface area contributed by atoms with Gasteiger partial charge in [0.2, 0.25) is 17.7 Å². The molecule has 1 fully saturated rings. The number of carboxylic acid groups (broad SMARTS) is 1. The van der Waals surface area contributed by atoms with Crippen molar-refractivity contribution in [1.29, 1.82) is 0 Å². The Hall–Kier alpha value is -4.10. The number of alkyl halides is 3. The van der Waals surface area contributed by atoms with Gasteiger partial charge in [0.05, 0.1) is 5.56 Å². The minimum atomic E-state index is -4.70. The van der Waals surface area contributed by atoms with E-state index in [1.807, 2.05) is 0 Å². The molecule has 3 rings (SSSR count). The van der Waals surface area contributed by atoms with Crippen LogP contribution in [0.3, 0.4) is 0 Å². The molecule has 11 nitrogen and oxygen atoms in total. The average Bonchev–Trinajstić information content (AvgIpc) is 3.44. The fraction of sp³-hybridized carbons (Fsp3) is 0.435. The Bertz CT molecular complexity index is 1190. The van der Waals surface area contributed by atoms with E-state index in [0.29, 0.717) is 12.8 Å². The van der Waals surface area contributed by atoms with E-state index in [4.69, 9.17) is 14.0 Å². The zero-order valence-corrected chi connectivity index (χ0v) is 20.3. The lowest BCUT2D eigenvalue weighted by molar-refractivity contribution is -0.138. The van der Waals surface area contributed by atoms with E-state index in [9.17, 15) is 27.9 Å². The third-order valence-electron chi connectivity index (χ3n) is 4.96. The topological polar surface area (TPSA) is 139 Å². The number of halogens is 3. The van der Waals surface area contributed by atoms with E-state index in [1.165, 1.54) is 17.0 Å². The summed E-state index contributed by atoms with van der Waals surface area (Å²) in [4.78, 5) is 33.0. The number of aliphatic imine (C=N–C) groups is 1. The number of amides is 2. The highest BCUT2D eigenvalue weighted by atomic mass is 19.4. The highest BCUT2D eigenvalue weighted by molar-refractivity contribution is 5.98. The molecule has 1 aromatic heterocycles. The van der Waals surface area contributed by atoms with Crippen molar-refractivity contribution in [2.24, 2.45) is 4.99 Å². The van der Waals surface area contributed by atoms with Gasteiger partial charge in [-0.1, -0.05) is 17.8 Å². The van der Waals surface area contributed by atoms with Crippen LogP contribution >= 0.6 is 0 Å². The van der Waals surface area contributed by atoms with Crippen molar-refractivity contribution in [3.63, 3.8) is 0 Å². The molecule has 1 saturated heterocycles. The lowest BCUT2D eigenvalue weighted by Crippen LogP contribution is -2.44. The summed E-state index contributed by atoms with van der Waals surface area (Å²) in [5.74, 6) is -0.770. The van der Waals surface area contributed by atoms with Crippen molar-refractivity contribution in [3.05, 3.63) is 42.3 Å². The molecule has 0 bridgehead atoms. The zero-order valence-electron chi connectivity index (χ0n) is 20.3. The summed E-state index contributed by atoms with van der Waals surface area (Å²) in [6.07, 6.45) is -4.85. The first-order valence-corrected chi connectivity index (χ1v) is 11.2. The molecule has 200 valence electrons. The number of benzene rings is 1. The van der Waals surface area contributed by atoms with Crippen LogP contribution in [0.1, 0.15) is 51.1 Å². The number of carbonyl (C=O) groups excluding carboxylic acids is 1. The minimum Gasteiger partial charge on any atom is -0.489 e. The normalized spacial score (nSPS) is 16.4.